The molecule has 1 aromatic rings. The fraction of sp³-hybridized carbons (Fsp3) is 0.579. The zero-order valence-corrected chi connectivity index (χ0v) is 15.5. The smallest absolute Gasteiger partial charge is 0.335 e. The van der Waals surface area contributed by atoms with Gasteiger partial charge < -0.3 is 19.5 Å². The molecule has 1 atom stereocenters. The molecule has 0 saturated heterocycles. The quantitative estimate of drug-likeness (QED) is 0.619. The average Bonchev–Trinajstić information content (AvgIpc) is 2.58. The molecule has 6 nitrogen and oxygen atoms in total. The predicted octanol–water partition coefficient (Wildman–Crippen LogP) is 3.41. The number of benzene rings is 1. The predicted molar refractivity (Wildman–Crippen MR) is 96.7 cm³/mol. The van der Waals surface area contributed by atoms with Gasteiger partial charge in [0.1, 0.15) is 5.75 Å². The zero-order valence-electron chi connectivity index (χ0n) is 15.5. The van der Waals surface area contributed by atoms with E-state index in [0.717, 1.165) is 12.8 Å². The lowest BCUT2D eigenvalue weighted by molar-refractivity contribution is -0.158. The Morgan fingerprint density at radius 3 is 2.52 bits per heavy atom. The zero-order chi connectivity index (χ0) is 18.7. The van der Waals surface area contributed by atoms with E-state index in [1.807, 2.05) is 13.0 Å². The summed E-state index contributed by atoms with van der Waals surface area (Å²) in [6, 6.07) is 7.15. The van der Waals surface area contributed by atoms with Gasteiger partial charge in [-0.2, -0.15) is 0 Å². The van der Waals surface area contributed by atoms with Crippen molar-refractivity contribution in [1.29, 1.82) is 0 Å². The molecular formula is C19H29NO5. The Bertz CT molecular complexity index is 544. The van der Waals surface area contributed by atoms with E-state index < -0.39 is 18.0 Å². The fourth-order valence-corrected chi connectivity index (χ4v) is 1.90. The highest BCUT2D eigenvalue weighted by Gasteiger charge is 2.17. The third-order valence-electron chi connectivity index (χ3n) is 3.36. The number of amides is 1. The van der Waals surface area contributed by atoms with Crippen LogP contribution in [-0.4, -0.2) is 37.8 Å². The first-order chi connectivity index (χ1) is 11.9. The van der Waals surface area contributed by atoms with Crippen LogP contribution in [-0.2, 0) is 19.1 Å². The Kier molecular flexibility index (Phi) is 9.62. The highest BCUT2D eigenvalue weighted by atomic mass is 16.6. The lowest BCUT2D eigenvalue weighted by Gasteiger charge is -2.14. The van der Waals surface area contributed by atoms with E-state index in [4.69, 9.17) is 14.2 Å². The molecule has 140 valence electrons. The molecule has 1 unspecified atom stereocenters. The lowest BCUT2D eigenvalue weighted by Crippen LogP contribution is -2.28. The van der Waals surface area contributed by atoms with Gasteiger partial charge in [0.2, 0.25) is 0 Å². The van der Waals surface area contributed by atoms with Gasteiger partial charge >= 0.3 is 5.97 Å². The van der Waals surface area contributed by atoms with Gasteiger partial charge in [0.25, 0.3) is 5.91 Å². The number of rotatable bonds is 11. The van der Waals surface area contributed by atoms with Gasteiger partial charge in [-0.3, -0.25) is 4.79 Å². The Hall–Kier alpha value is -2.08. The summed E-state index contributed by atoms with van der Waals surface area (Å²) in [4.78, 5) is 23.8. The summed E-state index contributed by atoms with van der Waals surface area (Å²) in [7, 11) is 0. The summed E-state index contributed by atoms with van der Waals surface area (Å²) in [6.07, 6.45) is 1.05. The second-order valence-electron chi connectivity index (χ2n) is 6.20. The summed E-state index contributed by atoms with van der Waals surface area (Å²) >= 11 is 0. The molecule has 0 aliphatic heterocycles. The normalized spacial score (nSPS) is 11.9. The fourth-order valence-electron chi connectivity index (χ4n) is 1.90. The Balaban J connectivity index is 2.40. The number of carbonyl (C=O) groups excluding carboxylic acids is 2. The van der Waals surface area contributed by atoms with Crippen molar-refractivity contribution in [2.24, 2.45) is 5.92 Å². The number of para-hydroxylation sites is 2. The standard InChI is InChI=1S/C19H29NO5/c1-5-11-24-17-9-7-6-8-16(17)20-18(21)13-25-19(22)15(4)23-12-10-14(2)3/h6-9,14-15H,5,10-13H2,1-4H3,(H,20,21). The Morgan fingerprint density at radius 1 is 1.12 bits per heavy atom. The molecule has 1 amide bonds. The number of carbonyl (C=O) groups is 2. The molecule has 25 heavy (non-hydrogen) atoms. The highest BCUT2D eigenvalue weighted by molar-refractivity contribution is 5.94. The maximum atomic E-state index is 12.0. The number of hydrogen-bond donors (Lipinski definition) is 1. The third kappa shape index (κ3) is 8.54. The second-order valence-corrected chi connectivity index (χ2v) is 6.20. The molecule has 0 fully saturated rings. The maximum absolute atomic E-state index is 12.0. The Labute approximate surface area is 149 Å². The number of nitrogens with one attached hydrogen (secondary N) is 1. The molecule has 1 rings (SSSR count). The molecule has 0 aliphatic carbocycles. The molecule has 0 saturated carbocycles. The third-order valence-corrected chi connectivity index (χ3v) is 3.36. The molecule has 0 aliphatic rings. The van der Waals surface area contributed by atoms with Gasteiger partial charge in [0.15, 0.2) is 12.7 Å². The van der Waals surface area contributed by atoms with Crippen molar-refractivity contribution in [3.63, 3.8) is 0 Å². The number of anilines is 1. The second kappa shape index (κ2) is 11.5. The molecule has 0 heterocycles. The molecule has 0 bridgehead atoms. The van der Waals surface area contributed by atoms with Gasteiger partial charge in [0, 0.05) is 6.61 Å². The van der Waals surface area contributed by atoms with Gasteiger partial charge in [-0.15, -0.1) is 0 Å². The number of esters is 1. The van der Waals surface area contributed by atoms with Gasteiger partial charge in [0.05, 0.1) is 12.3 Å². The van der Waals surface area contributed by atoms with Gasteiger partial charge in [-0.25, -0.2) is 4.79 Å². The molecule has 1 N–H and O–H groups in total. The van der Waals surface area contributed by atoms with Crippen molar-refractivity contribution in [3.8, 4) is 5.75 Å². The van der Waals surface area contributed by atoms with E-state index in [1.54, 1.807) is 25.1 Å². The van der Waals surface area contributed by atoms with Crippen LogP contribution in [0.1, 0.15) is 40.5 Å². The summed E-state index contributed by atoms with van der Waals surface area (Å²) in [6.45, 7) is 8.48. The first kappa shape index (κ1) is 21.0. The van der Waals surface area contributed by atoms with Gasteiger partial charge in [-0.05, 0) is 37.8 Å². The van der Waals surface area contributed by atoms with Crippen molar-refractivity contribution in [2.45, 2.75) is 46.6 Å². The van der Waals surface area contributed by atoms with E-state index in [0.29, 0.717) is 30.6 Å². The van der Waals surface area contributed by atoms with Crippen LogP contribution < -0.4 is 10.1 Å². The van der Waals surface area contributed by atoms with E-state index in [1.165, 1.54) is 0 Å². The minimum Gasteiger partial charge on any atom is -0.491 e. The summed E-state index contributed by atoms with van der Waals surface area (Å²) < 4.78 is 16.0. The van der Waals surface area contributed by atoms with Gasteiger partial charge in [-0.1, -0.05) is 32.9 Å². The average molecular weight is 351 g/mol. The molecule has 0 aromatic heterocycles. The largest absolute Gasteiger partial charge is 0.491 e. The van der Waals surface area contributed by atoms with E-state index in [-0.39, 0.29) is 6.61 Å². The first-order valence-corrected chi connectivity index (χ1v) is 8.74. The number of hydrogen-bond acceptors (Lipinski definition) is 5. The Morgan fingerprint density at radius 2 is 1.84 bits per heavy atom. The SMILES string of the molecule is CCCOc1ccccc1NC(=O)COC(=O)C(C)OCCC(C)C. The minimum atomic E-state index is -0.688. The molecule has 0 radical (unpaired) electrons. The molecule has 0 spiro atoms. The monoisotopic (exact) mass is 351 g/mol. The lowest BCUT2D eigenvalue weighted by atomic mass is 10.1. The van der Waals surface area contributed by atoms with E-state index in [9.17, 15) is 9.59 Å². The summed E-state index contributed by atoms with van der Waals surface area (Å²) in [5, 5.41) is 2.69. The summed E-state index contributed by atoms with van der Waals surface area (Å²) in [5.41, 5.74) is 0.554. The summed E-state index contributed by atoms with van der Waals surface area (Å²) in [5.74, 6) is 0.128. The van der Waals surface area contributed by atoms with Crippen LogP contribution >= 0.6 is 0 Å². The van der Waals surface area contributed by atoms with Crippen LogP contribution in [0.5, 0.6) is 5.75 Å². The van der Waals surface area contributed by atoms with Crippen LogP contribution in [0.4, 0.5) is 5.69 Å². The van der Waals surface area contributed by atoms with Crippen LogP contribution in [0.15, 0.2) is 24.3 Å². The van der Waals surface area contributed by atoms with E-state index in [2.05, 4.69) is 19.2 Å². The van der Waals surface area contributed by atoms with Crippen LogP contribution in [0.2, 0.25) is 0 Å². The highest BCUT2D eigenvalue weighted by Crippen LogP contribution is 2.23. The van der Waals surface area contributed by atoms with Crippen LogP contribution in [0, 0.1) is 5.92 Å². The first-order valence-electron chi connectivity index (χ1n) is 8.74. The van der Waals surface area contributed by atoms with E-state index >= 15 is 0 Å². The van der Waals surface area contributed by atoms with Crippen LogP contribution in [0.25, 0.3) is 0 Å². The van der Waals surface area contributed by atoms with Crippen molar-refractivity contribution < 1.29 is 23.8 Å². The van der Waals surface area contributed by atoms with Crippen molar-refractivity contribution in [2.75, 3.05) is 25.1 Å². The topological polar surface area (TPSA) is 73.9 Å². The molecule has 6 heteroatoms. The molecule has 1 aromatic carbocycles. The maximum Gasteiger partial charge on any atom is 0.335 e. The number of ether oxygens (including phenoxy) is 3. The van der Waals surface area contributed by atoms with Crippen LogP contribution in [0.3, 0.4) is 0 Å². The van der Waals surface area contributed by atoms with Crippen molar-refractivity contribution >= 4 is 17.6 Å². The molecular weight excluding hydrogens is 322 g/mol. The van der Waals surface area contributed by atoms with Crippen molar-refractivity contribution in [1.82, 2.24) is 0 Å². The minimum absolute atomic E-state index is 0.362. The van der Waals surface area contributed by atoms with Crippen molar-refractivity contribution in [3.05, 3.63) is 24.3 Å².